The molecule has 0 bridgehead atoms. The van der Waals surface area contributed by atoms with Gasteiger partial charge in [0.25, 0.3) is 0 Å². The smallest absolute Gasteiger partial charge is 0.309 e. The molecule has 98 valence electrons. The monoisotopic (exact) mass is 311 g/mol. The molecule has 0 heterocycles. The van der Waals surface area contributed by atoms with Gasteiger partial charge >= 0.3 is 5.97 Å². The third-order valence-electron chi connectivity index (χ3n) is 3.59. The number of carbonyl (C=O) groups excluding carboxylic acids is 1. The lowest BCUT2D eigenvalue weighted by Gasteiger charge is -2.16. The van der Waals surface area contributed by atoms with E-state index in [1.807, 2.05) is 24.3 Å². The molecule has 18 heavy (non-hydrogen) atoms. The van der Waals surface area contributed by atoms with Crippen LogP contribution in [0.5, 0.6) is 0 Å². The summed E-state index contributed by atoms with van der Waals surface area (Å²) in [5.41, 5.74) is 6.67. The number of benzene rings is 1. The summed E-state index contributed by atoms with van der Waals surface area (Å²) < 4.78 is 6.37. The molecule has 0 aliphatic heterocycles. The highest BCUT2D eigenvalue weighted by molar-refractivity contribution is 9.10. The summed E-state index contributed by atoms with van der Waals surface area (Å²) in [5, 5.41) is 0. The van der Waals surface area contributed by atoms with Crippen LogP contribution in [0.4, 0.5) is 0 Å². The molecule has 1 aromatic rings. The van der Waals surface area contributed by atoms with Crippen molar-refractivity contribution in [2.24, 2.45) is 17.6 Å². The maximum Gasteiger partial charge on any atom is 0.309 e. The number of carbonyl (C=O) groups is 1. The van der Waals surface area contributed by atoms with E-state index < -0.39 is 0 Å². The highest BCUT2D eigenvalue weighted by atomic mass is 79.9. The number of esters is 1. The molecule has 2 rings (SSSR count). The third-order valence-corrected chi connectivity index (χ3v) is 4.37. The van der Waals surface area contributed by atoms with Crippen LogP contribution >= 0.6 is 15.9 Å². The Labute approximate surface area is 116 Å². The highest BCUT2D eigenvalue weighted by Gasteiger charge is 2.33. The van der Waals surface area contributed by atoms with Gasteiger partial charge in [-0.1, -0.05) is 40.5 Å². The van der Waals surface area contributed by atoms with Gasteiger partial charge in [0, 0.05) is 10.0 Å². The molecular weight excluding hydrogens is 294 g/mol. The molecule has 1 aromatic carbocycles. The van der Waals surface area contributed by atoms with Crippen molar-refractivity contribution in [3.05, 3.63) is 34.3 Å². The van der Waals surface area contributed by atoms with E-state index in [4.69, 9.17) is 10.5 Å². The minimum absolute atomic E-state index is 0.00233. The van der Waals surface area contributed by atoms with Gasteiger partial charge in [-0.2, -0.15) is 0 Å². The van der Waals surface area contributed by atoms with Gasteiger partial charge in [-0.05, 0) is 31.4 Å². The minimum atomic E-state index is -0.0984. The Morgan fingerprint density at radius 3 is 2.89 bits per heavy atom. The van der Waals surface area contributed by atoms with E-state index in [-0.39, 0.29) is 11.9 Å². The normalized spacial score (nSPS) is 23.0. The fraction of sp³-hybridized carbons (Fsp3) is 0.500. The third kappa shape index (κ3) is 3.12. The fourth-order valence-electron chi connectivity index (χ4n) is 2.50. The first-order valence-corrected chi connectivity index (χ1v) is 7.11. The van der Waals surface area contributed by atoms with Gasteiger partial charge in [0.2, 0.25) is 0 Å². The first kappa shape index (κ1) is 13.6. The Kier molecular flexibility index (Phi) is 4.78. The lowest BCUT2D eigenvalue weighted by Crippen LogP contribution is -2.26. The minimum Gasteiger partial charge on any atom is -0.461 e. The Bertz CT molecular complexity index is 422. The zero-order valence-electron chi connectivity index (χ0n) is 10.3. The van der Waals surface area contributed by atoms with Gasteiger partial charge in [0.05, 0.1) is 5.92 Å². The van der Waals surface area contributed by atoms with Crippen LogP contribution in [0.1, 0.15) is 24.8 Å². The summed E-state index contributed by atoms with van der Waals surface area (Å²) in [5.74, 6) is 0.202. The van der Waals surface area contributed by atoms with Crippen LogP contribution in [-0.4, -0.2) is 12.5 Å². The van der Waals surface area contributed by atoms with Crippen molar-refractivity contribution >= 4 is 21.9 Å². The van der Waals surface area contributed by atoms with E-state index in [0.29, 0.717) is 19.1 Å². The highest BCUT2D eigenvalue weighted by Crippen LogP contribution is 2.32. The second-order valence-electron chi connectivity index (χ2n) is 4.73. The molecule has 2 atom stereocenters. The molecular formula is C14H18BrNO2. The maximum absolute atomic E-state index is 12.0. The fourth-order valence-corrected chi connectivity index (χ4v) is 2.90. The first-order valence-electron chi connectivity index (χ1n) is 6.32. The Morgan fingerprint density at radius 2 is 2.17 bits per heavy atom. The van der Waals surface area contributed by atoms with Crippen LogP contribution < -0.4 is 5.73 Å². The van der Waals surface area contributed by atoms with Gasteiger partial charge in [-0.15, -0.1) is 0 Å². The molecule has 1 saturated carbocycles. The van der Waals surface area contributed by atoms with Crippen LogP contribution in [0.2, 0.25) is 0 Å². The molecule has 2 unspecified atom stereocenters. The predicted octanol–water partition coefficient (Wildman–Crippen LogP) is 2.87. The second kappa shape index (κ2) is 6.34. The summed E-state index contributed by atoms with van der Waals surface area (Å²) in [6, 6.07) is 7.77. The lowest BCUT2D eigenvalue weighted by atomic mass is 9.96. The molecule has 0 aromatic heterocycles. The largest absolute Gasteiger partial charge is 0.461 e. The summed E-state index contributed by atoms with van der Waals surface area (Å²) in [6.45, 7) is 0.906. The van der Waals surface area contributed by atoms with E-state index in [2.05, 4.69) is 15.9 Å². The zero-order chi connectivity index (χ0) is 13.0. The van der Waals surface area contributed by atoms with Crippen molar-refractivity contribution < 1.29 is 9.53 Å². The average molecular weight is 312 g/mol. The van der Waals surface area contributed by atoms with Crippen molar-refractivity contribution in [1.82, 2.24) is 0 Å². The summed E-state index contributed by atoms with van der Waals surface area (Å²) in [7, 11) is 0. The number of rotatable bonds is 4. The van der Waals surface area contributed by atoms with Gasteiger partial charge in [0.1, 0.15) is 6.61 Å². The van der Waals surface area contributed by atoms with Crippen molar-refractivity contribution in [2.45, 2.75) is 25.9 Å². The number of ether oxygens (including phenoxy) is 1. The van der Waals surface area contributed by atoms with E-state index in [1.54, 1.807) is 0 Å². The van der Waals surface area contributed by atoms with Gasteiger partial charge in [-0.25, -0.2) is 0 Å². The van der Waals surface area contributed by atoms with Crippen molar-refractivity contribution in [2.75, 3.05) is 6.54 Å². The number of hydrogen-bond donors (Lipinski definition) is 1. The lowest BCUT2D eigenvalue weighted by molar-refractivity contribution is -0.151. The molecule has 1 aliphatic carbocycles. The first-order chi connectivity index (χ1) is 8.72. The maximum atomic E-state index is 12.0. The molecule has 3 nitrogen and oxygen atoms in total. The predicted molar refractivity (Wildman–Crippen MR) is 73.8 cm³/mol. The molecule has 2 N–H and O–H groups in total. The van der Waals surface area contributed by atoms with Crippen molar-refractivity contribution in [1.29, 1.82) is 0 Å². The molecule has 1 fully saturated rings. The summed E-state index contributed by atoms with van der Waals surface area (Å²) in [6.07, 6.45) is 3.04. The van der Waals surface area contributed by atoms with Crippen LogP contribution in [-0.2, 0) is 16.1 Å². The molecule has 0 radical (unpaired) electrons. The standard InChI is InChI=1S/C14H18BrNO2/c15-13-7-2-1-4-11(13)9-18-14(17)12-6-3-5-10(12)8-16/h1-2,4,7,10,12H,3,5-6,8-9,16H2. The van der Waals surface area contributed by atoms with Gasteiger partial charge in [-0.3, -0.25) is 4.79 Å². The average Bonchev–Trinajstić information content (AvgIpc) is 2.86. The van der Waals surface area contributed by atoms with Crippen LogP contribution in [0.3, 0.4) is 0 Å². The number of hydrogen-bond acceptors (Lipinski definition) is 3. The van der Waals surface area contributed by atoms with Crippen LogP contribution in [0, 0.1) is 11.8 Å². The number of halogens is 1. The van der Waals surface area contributed by atoms with E-state index in [0.717, 1.165) is 29.3 Å². The van der Waals surface area contributed by atoms with Gasteiger partial charge in [0.15, 0.2) is 0 Å². The van der Waals surface area contributed by atoms with E-state index >= 15 is 0 Å². The zero-order valence-corrected chi connectivity index (χ0v) is 11.9. The SMILES string of the molecule is NCC1CCCC1C(=O)OCc1ccccc1Br. The summed E-state index contributed by atoms with van der Waals surface area (Å²) in [4.78, 5) is 12.0. The Morgan fingerprint density at radius 1 is 1.39 bits per heavy atom. The molecule has 1 aliphatic rings. The number of nitrogens with two attached hydrogens (primary N) is 1. The molecule has 0 spiro atoms. The second-order valence-corrected chi connectivity index (χ2v) is 5.59. The molecule has 4 heteroatoms. The van der Waals surface area contributed by atoms with E-state index in [1.165, 1.54) is 0 Å². The summed E-state index contributed by atoms with van der Waals surface area (Å²) >= 11 is 3.44. The van der Waals surface area contributed by atoms with Crippen molar-refractivity contribution in [3.8, 4) is 0 Å². The van der Waals surface area contributed by atoms with E-state index in [9.17, 15) is 4.79 Å². The molecule has 0 amide bonds. The van der Waals surface area contributed by atoms with Gasteiger partial charge < -0.3 is 10.5 Å². The Hall–Kier alpha value is -0.870. The Balaban J connectivity index is 1.90. The van der Waals surface area contributed by atoms with Crippen LogP contribution in [0.25, 0.3) is 0 Å². The van der Waals surface area contributed by atoms with Crippen LogP contribution in [0.15, 0.2) is 28.7 Å². The topological polar surface area (TPSA) is 52.3 Å². The van der Waals surface area contributed by atoms with Crippen molar-refractivity contribution in [3.63, 3.8) is 0 Å². The quantitative estimate of drug-likeness (QED) is 0.870. The molecule has 0 saturated heterocycles.